The van der Waals surface area contributed by atoms with Crippen LogP contribution in [0.2, 0.25) is 10.0 Å². The maximum atomic E-state index is 11.7. The Morgan fingerprint density at radius 1 is 1.13 bits per heavy atom. The summed E-state index contributed by atoms with van der Waals surface area (Å²) in [5, 5.41) is 12.4. The monoisotopic (exact) mass is 476 g/mol. The smallest absolute Gasteiger partial charge is 0.264 e. The fourth-order valence-corrected chi connectivity index (χ4v) is 4.34. The van der Waals surface area contributed by atoms with E-state index in [2.05, 4.69) is 4.98 Å². The van der Waals surface area contributed by atoms with Crippen molar-refractivity contribution in [2.45, 2.75) is 13.5 Å². The van der Waals surface area contributed by atoms with Gasteiger partial charge < -0.3 is 5.11 Å². The Balaban J connectivity index is 2.06. The van der Waals surface area contributed by atoms with Crippen LogP contribution in [0, 0.1) is 6.92 Å². The molecule has 1 N–H and O–H groups in total. The molecular formula is C22H18Cl2N2O4S. The molecule has 0 fully saturated rings. The first-order chi connectivity index (χ1) is 14.7. The average molecular weight is 477 g/mol. The van der Waals surface area contributed by atoms with E-state index in [0.717, 1.165) is 11.9 Å². The number of nitrogens with zero attached hydrogens (tertiary/aromatic N) is 2. The van der Waals surface area contributed by atoms with Gasteiger partial charge in [0.2, 0.25) is 5.88 Å². The second-order valence-corrected chi connectivity index (χ2v) is 9.55. The Bertz CT molecular complexity index is 1400. The van der Waals surface area contributed by atoms with Crippen molar-refractivity contribution >= 4 is 44.2 Å². The molecule has 9 heteroatoms. The van der Waals surface area contributed by atoms with Gasteiger partial charge in [0, 0.05) is 44.3 Å². The molecule has 0 aliphatic carbocycles. The van der Waals surface area contributed by atoms with E-state index in [1.807, 2.05) is 30.3 Å². The number of fused-ring (bicyclic) bond motifs is 1. The van der Waals surface area contributed by atoms with Gasteiger partial charge in [0.15, 0.2) is 0 Å². The quantitative estimate of drug-likeness (QED) is 0.385. The molecule has 2 aromatic heterocycles. The minimum Gasteiger partial charge on any atom is -0.494 e. The highest BCUT2D eigenvalue weighted by Gasteiger charge is 2.23. The predicted molar refractivity (Wildman–Crippen MR) is 123 cm³/mol. The summed E-state index contributed by atoms with van der Waals surface area (Å²) in [6.07, 6.45) is 2.70. The van der Waals surface area contributed by atoms with E-state index >= 15 is 0 Å². The van der Waals surface area contributed by atoms with Crippen molar-refractivity contribution < 1.29 is 17.7 Å². The first-order valence-corrected chi connectivity index (χ1v) is 11.8. The summed E-state index contributed by atoms with van der Waals surface area (Å²) in [5.74, 6) is -0.0460. The molecule has 0 saturated carbocycles. The zero-order valence-electron chi connectivity index (χ0n) is 16.6. The van der Waals surface area contributed by atoms with Crippen LogP contribution in [0.4, 0.5) is 0 Å². The van der Waals surface area contributed by atoms with Crippen molar-refractivity contribution in [3.05, 3.63) is 76.0 Å². The number of rotatable bonds is 5. The highest BCUT2D eigenvalue weighted by Crippen LogP contribution is 2.43. The zero-order valence-corrected chi connectivity index (χ0v) is 19.0. The average Bonchev–Trinajstić information content (AvgIpc) is 3.02. The lowest BCUT2D eigenvalue weighted by Crippen LogP contribution is -2.06. The van der Waals surface area contributed by atoms with Crippen LogP contribution in [0.5, 0.6) is 5.88 Å². The highest BCUT2D eigenvalue weighted by atomic mass is 35.5. The Labute approximate surface area is 189 Å². The third-order valence-corrected chi connectivity index (χ3v) is 5.98. The van der Waals surface area contributed by atoms with Crippen molar-refractivity contribution in [2.24, 2.45) is 0 Å². The molecule has 0 aliphatic rings. The van der Waals surface area contributed by atoms with E-state index in [0.29, 0.717) is 43.3 Å². The molecule has 2 heterocycles. The topological polar surface area (TPSA) is 81.4 Å². The maximum Gasteiger partial charge on any atom is 0.264 e. The van der Waals surface area contributed by atoms with E-state index in [9.17, 15) is 13.5 Å². The molecule has 0 atom stereocenters. The largest absolute Gasteiger partial charge is 0.494 e. The van der Waals surface area contributed by atoms with Gasteiger partial charge in [-0.05, 0) is 31.2 Å². The zero-order chi connectivity index (χ0) is 22.3. The number of hydrogen-bond acceptors (Lipinski definition) is 5. The van der Waals surface area contributed by atoms with Crippen LogP contribution >= 0.6 is 23.2 Å². The lowest BCUT2D eigenvalue weighted by atomic mass is 9.96. The van der Waals surface area contributed by atoms with Gasteiger partial charge >= 0.3 is 0 Å². The number of benzene rings is 2. The second kappa shape index (κ2) is 8.16. The predicted octanol–water partition coefficient (Wildman–Crippen LogP) is 5.49. The first-order valence-electron chi connectivity index (χ1n) is 9.24. The molecule has 6 nitrogen and oxygen atoms in total. The Kier molecular flexibility index (Phi) is 5.70. The molecule has 4 rings (SSSR count). The summed E-state index contributed by atoms with van der Waals surface area (Å²) >= 11 is 12.6. The molecule has 0 unspecified atom stereocenters. The third-order valence-electron chi connectivity index (χ3n) is 4.89. The van der Waals surface area contributed by atoms with Crippen LogP contribution in [-0.2, 0) is 20.9 Å². The van der Waals surface area contributed by atoms with Gasteiger partial charge in [0.05, 0.1) is 23.8 Å². The van der Waals surface area contributed by atoms with Gasteiger partial charge in [-0.2, -0.15) is 8.42 Å². The first kappa shape index (κ1) is 21.6. The van der Waals surface area contributed by atoms with Crippen molar-refractivity contribution in [2.75, 3.05) is 6.26 Å². The maximum absolute atomic E-state index is 11.7. The number of aromatic hydroxyl groups is 1. The molecule has 31 heavy (non-hydrogen) atoms. The molecule has 0 saturated heterocycles. The normalized spacial score (nSPS) is 11.9. The standard InChI is InChI=1S/C22H18Cl2N2O4S/c1-13-17(12-30-31(2,28)29)20(16-9-8-14(23)10-18(16)24)21-19(25-13)11-26(22(21)27)15-6-4-3-5-7-15/h3-11,27H,12H2,1-2H3. The van der Waals surface area contributed by atoms with Gasteiger partial charge in [-0.15, -0.1) is 0 Å². The van der Waals surface area contributed by atoms with Crippen LogP contribution in [-0.4, -0.2) is 29.3 Å². The van der Waals surface area contributed by atoms with E-state index in [1.54, 1.807) is 35.9 Å². The van der Waals surface area contributed by atoms with Crippen LogP contribution in [0.25, 0.3) is 27.7 Å². The molecule has 0 amide bonds. The lowest BCUT2D eigenvalue weighted by Gasteiger charge is -2.15. The summed E-state index contributed by atoms with van der Waals surface area (Å²) < 4.78 is 30.0. The minimum atomic E-state index is -3.71. The van der Waals surface area contributed by atoms with E-state index in [-0.39, 0.29) is 12.5 Å². The minimum absolute atomic E-state index is 0.0460. The Morgan fingerprint density at radius 3 is 2.48 bits per heavy atom. The SMILES string of the molecule is Cc1nc2cn(-c3ccccc3)c(O)c2c(-c2ccc(Cl)cc2Cl)c1COS(C)(=O)=O. The van der Waals surface area contributed by atoms with Gasteiger partial charge in [-0.3, -0.25) is 13.7 Å². The summed E-state index contributed by atoms with van der Waals surface area (Å²) in [7, 11) is -3.71. The number of para-hydroxylation sites is 1. The molecule has 2 aromatic carbocycles. The molecule has 0 spiro atoms. The van der Waals surface area contributed by atoms with E-state index in [1.165, 1.54) is 0 Å². The Hall–Kier alpha value is -2.58. The molecular weight excluding hydrogens is 459 g/mol. The highest BCUT2D eigenvalue weighted by molar-refractivity contribution is 7.85. The molecule has 0 bridgehead atoms. The van der Waals surface area contributed by atoms with E-state index < -0.39 is 10.1 Å². The number of halogens is 2. The van der Waals surface area contributed by atoms with Crippen LogP contribution in [0.3, 0.4) is 0 Å². The summed E-state index contributed by atoms with van der Waals surface area (Å²) in [4.78, 5) is 4.59. The van der Waals surface area contributed by atoms with Gasteiger partial charge in [0.1, 0.15) is 0 Å². The van der Waals surface area contributed by atoms with Gasteiger partial charge in [-0.1, -0.05) is 47.5 Å². The number of aryl methyl sites for hydroxylation is 1. The number of hydrogen-bond donors (Lipinski definition) is 1. The number of aromatic nitrogens is 2. The summed E-state index contributed by atoms with van der Waals surface area (Å²) in [6.45, 7) is 1.50. The summed E-state index contributed by atoms with van der Waals surface area (Å²) in [5.41, 5.74) is 3.46. The van der Waals surface area contributed by atoms with Crippen LogP contribution in [0.1, 0.15) is 11.3 Å². The fourth-order valence-electron chi connectivity index (χ4n) is 3.51. The van der Waals surface area contributed by atoms with Crippen LogP contribution in [0.15, 0.2) is 54.7 Å². The lowest BCUT2D eigenvalue weighted by molar-refractivity contribution is 0.311. The van der Waals surface area contributed by atoms with E-state index in [4.69, 9.17) is 27.4 Å². The fraction of sp³-hybridized carbons (Fsp3) is 0.136. The van der Waals surface area contributed by atoms with Crippen LogP contribution < -0.4 is 0 Å². The molecule has 0 aliphatic heterocycles. The number of pyridine rings is 1. The van der Waals surface area contributed by atoms with Gasteiger partial charge in [0.25, 0.3) is 10.1 Å². The second-order valence-electron chi connectivity index (χ2n) is 7.06. The van der Waals surface area contributed by atoms with Crippen molar-refractivity contribution in [1.29, 1.82) is 0 Å². The molecule has 0 radical (unpaired) electrons. The third kappa shape index (κ3) is 4.27. The Morgan fingerprint density at radius 2 is 1.84 bits per heavy atom. The van der Waals surface area contributed by atoms with Crippen molar-refractivity contribution in [3.8, 4) is 22.7 Å². The molecule has 160 valence electrons. The van der Waals surface area contributed by atoms with Gasteiger partial charge in [-0.25, -0.2) is 0 Å². The van der Waals surface area contributed by atoms with Crippen molar-refractivity contribution in [1.82, 2.24) is 9.55 Å². The summed E-state index contributed by atoms with van der Waals surface area (Å²) in [6, 6.07) is 14.3. The van der Waals surface area contributed by atoms with Crippen molar-refractivity contribution in [3.63, 3.8) is 0 Å². The molecule has 4 aromatic rings.